The van der Waals surface area contributed by atoms with Gasteiger partial charge in [-0.15, -0.1) is 0 Å². The number of carboxylic acids is 1. The number of esters is 1. The topological polar surface area (TPSA) is 63.6 Å². The predicted molar refractivity (Wildman–Crippen MR) is 83.5 cm³/mol. The van der Waals surface area contributed by atoms with E-state index < -0.39 is 11.9 Å². The summed E-state index contributed by atoms with van der Waals surface area (Å²) in [7, 11) is 0. The summed E-state index contributed by atoms with van der Waals surface area (Å²) in [5, 5.41) is 8.82. The molecule has 0 aliphatic heterocycles. The molecular weight excluding hydrogens is 280 g/mol. The lowest BCUT2D eigenvalue weighted by Gasteiger charge is -2.19. The molecule has 0 saturated carbocycles. The first-order chi connectivity index (χ1) is 10.3. The summed E-state index contributed by atoms with van der Waals surface area (Å²) in [4.78, 5) is 22.8. The Bertz CT molecular complexity index is 677. The maximum atomic E-state index is 12.0. The van der Waals surface area contributed by atoms with Gasteiger partial charge in [-0.1, -0.05) is 32.9 Å². The van der Waals surface area contributed by atoms with Crippen LogP contribution in [-0.4, -0.2) is 17.0 Å². The number of ether oxygens (including phenoxy) is 1. The van der Waals surface area contributed by atoms with Gasteiger partial charge >= 0.3 is 11.9 Å². The SMILES string of the molecule is CC(C)(C)c1ccc(OC(=O)c2ccc(C(=O)O)cc2)cc1. The quantitative estimate of drug-likeness (QED) is 0.689. The van der Waals surface area contributed by atoms with Crippen LogP contribution in [0, 0.1) is 0 Å². The van der Waals surface area contributed by atoms with Crippen molar-refractivity contribution in [1.82, 2.24) is 0 Å². The Morgan fingerprint density at radius 3 is 1.82 bits per heavy atom. The summed E-state index contributed by atoms with van der Waals surface area (Å²) < 4.78 is 5.28. The van der Waals surface area contributed by atoms with Gasteiger partial charge in [-0.2, -0.15) is 0 Å². The second-order valence-corrected chi connectivity index (χ2v) is 6.05. The van der Waals surface area contributed by atoms with Crippen LogP contribution in [-0.2, 0) is 5.41 Å². The second-order valence-electron chi connectivity index (χ2n) is 6.05. The normalized spacial score (nSPS) is 11.0. The van der Waals surface area contributed by atoms with Crippen molar-refractivity contribution < 1.29 is 19.4 Å². The smallest absolute Gasteiger partial charge is 0.343 e. The van der Waals surface area contributed by atoms with E-state index in [4.69, 9.17) is 9.84 Å². The molecule has 1 N–H and O–H groups in total. The third kappa shape index (κ3) is 3.73. The first-order valence-electron chi connectivity index (χ1n) is 6.93. The third-order valence-corrected chi connectivity index (χ3v) is 3.30. The molecule has 0 unspecified atom stereocenters. The molecule has 0 spiro atoms. The van der Waals surface area contributed by atoms with Gasteiger partial charge in [0.2, 0.25) is 0 Å². The molecule has 2 aromatic rings. The Kier molecular flexibility index (Phi) is 4.31. The van der Waals surface area contributed by atoms with E-state index in [2.05, 4.69) is 20.8 Å². The van der Waals surface area contributed by atoms with Gasteiger partial charge in [-0.3, -0.25) is 0 Å². The van der Waals surface area contributed by atoms with Gasteiger partial charge in [0, 0.05) is 0 Å². The van der Waals surface area contributed by atoms with Gasteiger partial charge < -0.3 is 9.84 Å². The van der Waals surface area contributed by atoms with Crippen molar-refractivity contribution in [1.29, 1.82) is 0 Å². The summed E-state index contributed by atoms with van der Waals surface area (Å²) in [6, 6.07) is 13.0. The highest BCUT2D eigenvalue weighted by atomic mass is 16.5. The van der Waals surface area contributed by atoms with E-state index in [1.165, 1.54) is 24.3 Å². The van der Waals surface area contributed by atoms with Crippen LogP contribution in [0.3, 0.4) is 0 Å². The molecule has 0 amide bonds. The molecule has 0 heterocycles. The fraction of sp³-hybridized carbons (Fsp3) is 0.222. The summed E-state index contributed by atoms with van der Waals surface area (Å²) in [5.74, 6) is -1.08. The number of carbonyl (C=O) groups is 2. The molecule has 0 saturated heterocycles. The highest BCUT2D eigenvalue weighted by Gasteiger charge is 2.14. The van der Waals surface area contributed by atoms with E-state index in [0.717, 1.165) is 5.56 Å². The van der Waals surface area contributed by atoms with Gasteiger partial charge in [-0.25, -0.2) is 9.59 Å². The van der Waals surface area contributed by atoms with Gasteiger partial charge in [0.25, 0.3) is 0 Å². The predicted octanol–water partition coefficient (Wildman–Crippen LogP) is 3.90. The molecule has 0 atom stereocenters. The molecular formula is C18H18O4. The van der Waals surface area contributed by atoms with Crippen molar-refractivity contribution in [3.8, 4) is 5.75 Å². The number of hydrogen-bond acceptors (Lipinski definition) is 3. The van der Waals surface area contributed by atoms with Crippen molar-refractivity contribution in [2.24, 2.45) is 0 Å². The standard InChI is InChI=1S/C18H18O4/c1-18(2,3)14-8-10-15(11-9-14)22-17(21)13-6-4-12(5-7-13)16(19)20/h4-11H,1-3H3,(H,19,20). The van der Waals surface area contributed by atoms with E-state index in [1.807, 2.05) is 12.1 Å². The lowest BCUT2D eigenvalue weighted by atomic mass is 9.87. The van der Waals surface area contributed by atoms with Crippen LogP contribution in [0.5, 0.6) is 5.75 Å². The maximum Gasteiger partial charge on any atom is 0.343 e. The van der Waals surface area contributed by atoms with E-state index >= 15 is 0 Å². The fourth-order valence-corrected chi connectivity index (χ4v) is 1.94. The zero-order valence-corrected chi connectivity index (χ0v) is 12.8. The van der Waals surface area contributed by atoms with Crippen LogP contribution < -0.4 is 4.74 Å². The minimum absolute atomic E-state index is 0.0369. The van der Waals surface area contributed by atoms with Crippen LogP contribution in [0.2, 0.25) is 0 Å². The van der Waals surface area contributed by atoms with Crippen LogP contribution in [0.4, 0.5) is 0 Å². The number of rotatable bonds is 3. The average Bonchev–Trinajstić information content (AvgIpc) is 2.47. The molecule has 0 bridgehead atoms. The third-order valence-electron chi connectivity index (χ3n) is 3.30. The molecule has 22 heavy (non-hydrogen) atoms. The van der Waals surface area contributed by atoms with Crippen molar-refractivity contribution in [2.45, 2.75) is 26.2 Å². The highest BCUT2D eigenvalue weighted by Crippen LogP contribution is 2.24. The lowest BCUT2D eigenvalue weighted by molar-refractivity contribution is 0.0691. The zero-order chi connectivity index (χ0) is 16.3. The molecule has 2 aromatic carbocycles. The Hall–Kier alpha value is -2.62. The number of aromatic carboxylic acids is 1. The number of carboxylic acid groups (broad SMARTS) is 1. The van der Waals surface area contributed by atoms with Crippen LogP contribution in [0.1, 0.15) is 47.1 Å². The molecule has 2 rings (SSSR count). The number of carbonyl (C=O) groups excluding carboxylic acids is 1. The molecule has 0 aliphatic rings. The van der Waals surface area contributed by atoms with Gasteiger partial charge in [0.15, 0.2) is 0 Å². The Morgan fingerprint density at radius 2 is 1.36 bits per heavy atom. The first-order valence-corrected chi connectivity index (χ1v) is 6.93. The zero-order valence-electron chi connectivity index (χ0n) is 12.8. The summed E-state index contributed by atoms with van der Waals surface area (Å²) in [6.07, 6.45) is 0. The second kappa shape index (κ2) is 6.02. The minimum Gasteiger partial charge on any atom is -0.478 e. The monoisotopic (exact) mass is 298 g/mol. The molecule has 0 aromatic heterocycles. The van der Waals surface area contributed by atoms with Crippen LogP contribution in [0.25, 0.3) is 0 Å². The lowest BCUT2D eigenvalue weighted by Crippen LogP contribution is -2.12. The van der Waals surface area contributed by atoms with E-state index in [-0.39, 0.29) is 11.0 Å². The highest BCUT2D eigenvalue weighted by molar-refractivity contribution is 5.93. The number of benzene rings is 2. The van der Waals surface area contributed by atoms with Gasteiger partial charge in [-0.05, 0) is 47.4 Å². The average molecular weight is 298 g/mol. The summed E-state index contributed by atoms with van der Waals surface area (Å²) in [6.45, 7) is 6.33. The largest absolute Gasteiger partial charge is 0.478 e. The first kappa shape index (κ1) is 15.8. The number of hydrogen-bond donors (Lipinski definition) is 1. The maximum absolute atomic E-state index is 12.0. The summed E-state index contributed by atoms with van der Waals surface area (Å²) >= 11 is 0. The Morgan fingerprint density at radius 1 is 0.864 bits per heavy atom. The van der Waals surface area contributed by atoms with E-state index in [0.29, 0.717) is 11.3 Å². The van der Waals surface area contributed by atoms with Crippen molar-refractivity contribution >= 4 is 11.9 Å². The van der Waals surface area contributed by atoms with Crippen molar-refractivity contribution in [2.75, 3.05) is 0 Å². The molecule has 4 nitrogen and oxygen atoms in total. The molecule has 4 heteroatoms. The molecule has 0 radical (unpaired) electrons. The van der Waals surface area contributed by atoms with Crippen molar-refractivity contribution in [3.63, 3.8) is 0 Å². The molecule has 0 aliphatic carbocycles. The molecule has 114 valence electrons. The van der Waals surface area contributed by atoms with E-state index in [1.54, 1.807) is 12.1 Å². The van der Waals surface area contributed by atoms with Crippen molar-refractivity contribution in [3.05, 3.63) is 65.2 Å². The minimum atomic E-state index is -1.03. The van der Waals surface area contributed by atoms with Gasteiger partial charge in [0.1, 0.15) is 5.75 Å². The van der Waals surface area contributed by atoms with Gasteiger partial charge in [0.05, 0.1) is 11.1 Å². The summed E-state index contributed by atoms with van der Waals surface area (Å²) in [5.41, 5.74) is 1.63. The Balaban J connectivity index is 2.10. The fourth-order valence-electron chi connectivity index (χ4n) is 1.94. The van der Waals surface area contributed by atoms with Crippen LogP contribution >= 0.6 is 0 Å². The molecule has 0 fully saturated rings. The van der Waals surface area contributed by atoms with Crippen LogP contribution in [0.15, 0.2) is 48.5 Å². The Labute approximate surface area is 129 Å². The van der Waals surface area contributed by atoms with E-state index in [9.17, 15) is 9.59 Å².